The molecule has 0 aliphatic carbocycles. The molecule has 8 atom stereocenters. The van der Waals surface area contributed by atoms with Gasteiger partial charge in [-0.15, -0.1) is 0 Å². The number of benzene rings is 1. The average molecular weight is 849 g/mol. The van der Waals surface area contributed by atoms with Gasteiger partial charge < -0.3 is 63.4 Å². The van der Waals surface area contributed by atoms with Crippen molar-refractivity contribution in [3.63, 3.8) is 0 Å². The molecule has 60 heavy (non-hydrogen) atoms. The zero-order chi connectivity index (χ0) is 45.1. The van der Waals surface area contributed by atoms with E-state index in [1.165, 1.54) is 36.1 Å². The number of nitrogens with one attached hydrogen (secondary N) is 5. The molecule has 1 aromatic rings. The minimum atomic E-state index is -1.49. The molecule has 0 aromatic heterocycles. The highest BCUT2D eigenvalue weighted by Gasteiger charge is 2.41. The number of phenols is 1. The molecule has 0 radical (unpaired) electrons. The average Bonchev–Trinajstić information content (AvgIpc) is 3.70. The summed E-state index contributed by atoms with van der Waals surface area (Å²) in [5, 5.41) is 50.2. The van der Waals surface area contributed by atoms with E-state index in [9.17, 15) is 58.5 Å². The molecule has 0 spiro atoms. The largest absolute Gasteiger partial charge is 0.508 e. The second-order valence-electron chi connectivity index (χ2n) is 14.9. The molecule has 1 fully saturated rings. The van der Waals surface area contributed by atoms with Gasteiger partial charge in [0.1, 0.15) is 42.0 Å². The van der Waals surface area contributed by atoms with Gasteiger partial charge in [-0.05, 0) is 82.0 Å². The first-order valence-electron chi connectivity index (χ1n) is 20.0. The molecule has 21 nitrogen and oxygen atoms in total. The van der Waals surface area contributed by atoms with Crippen molar-refractivity contribution in [3.8, 4) is 5.75 Å². The number of hydrogen-bond acceptors (Lipinski definition) is 12. The summed E-state index contributed by atoms with van der Waals surface area (Å²) in [7, 11) is 0. The Hall–Kier alpha value is -5.83. The van der Waals surface area contributed by atoms with E-state index in [0.717, 1.165) is 0 Å². The summed E-state index contributed by atoms with van der Waals surface area (Å²) in [4.78, 5) is 117. The molecule has 0 unspecified atom stereocenters. The van der Waals surface area contributed by atoms with Crippen LogP contribution in [0.2, 0.25) is 0 Å². The van der Waals surface area contributed by atoms with Gasteiger partial charge in [0, 0.05) is 25.8 Å². The minimum absolute atomic E-state index is 0.0654. The summed E-state index contributed by atoms with van der Waals surface area (Å²) in [6.07, 6.45) is 0.465. The van der Waals surface area contributed by atoms with Crippen LogP contribution < -0.4 is 38.1 Å². The molecule has 334 valence electrons. The summed E-state index contributed by atoms with van der Waals surface area (Å²) in [6.45, 7) is 5.30. The van der Waals surface area contributed by atoms with E-state index < -0.39 is 121 Å². The Labute approximate surface area is 347 Å². The zero-order valence-corrected chi connectivity index (χ0v) is 34.2. The fraction of sp³-hybridized carbons (Fsp3) is 0.615. The summed E-state index contributed by atoms with van der Waals surface area (Å²) >= 11 is 0. The van der Waals surface area contributed by atoms with E-state index in [4.69, 9.17) is 16.6 Å². The van der Waals surface area contributed by atoms with Gasteiger partial charge in [-0.3, -0.25) is 38.4 Å². The van der Waals surface area contributed by atoms with Crippen molar-refractivity contribution in [2.45, 2.75) is 134 Å². The maximum absolute atomic E-state index is 14.2. The monoisotopic (exact) mass is 848 g/mol. The van der Waals surface area contributed by atoms with Gasteiger partial charge >= 0.3 is 17.9 Å². The lowest BCUT2D eigenvalue weighted by Crippen LogP contribution is -2.60. The molecular weight excluding hydrogens is 788 g/mol. The van der Waals surface area contributed by atoms with Crippen LogP contribution in [-0.2, 0) is 49.6 Å². The second kappa shape index (κ2) is 24.9. The van der Waals surface area contributed by atoms with Crippen molar-refractivity contribution >= 4 is 53.4 Å². The Balaban J connectivity index is 2.31. The first-order valence-corrected chi connectivity index (χ1v) is 20.0. The van der Waals surface area contributed by atoms with Crippen molar-refractivity contribution in [2.75, 3.05) is 13.1 Å². The van der Waals surface area contributed by atoms with E-state index in [1.807, 2.05) is 0 Å². The summed E-state index contributed by atoms with van der Waals surface area (Å²) < 4.78 is 0. The van der Waals surface area contributed by atoms with Gasteiger partial charge in [-0.2, -0.15) is 0 Å². The van der Waals surface area contributed by atoms with E-state index in [1.54, 1.807) is 13.8 Å². The number of amides is 6. The molecule has 0 saturated carbocycles. The van der Waals surface area contributed by atoms with Crippen molar-refractivity contribution in [1.29, 1.82) is 0 Å². The topological polar surface area (TPSA) is 350 Å². The lowest BCUT2D eigenvalue weighted by molar-refractivity contribution is -0.145. The van der Waals surface area contributed by atoms with Gasteiger partial charge in [-0.25, -0.2) is 4.79 Å². The Morgan fingerprint density at radius 3 is 1.93 bits per heavy atom. The van der Waals surface area contributed by atoms with E-state index >= 15 is 0 Å². The Morgan fingerprint density at radius 1 is 0.750 bits per heavy atom. The third-order valence-corrected chi connectivity index (χ3v) is 10.2. The van der Waals surface area contributed by atoms with E-state index in [-0.39, 0.29) is 38.0 Å². The highest BCUT2D eigenvalue weighted by atomic mass is 16.4. The van der Waals surface area contributed by atoms with E-state index in [2.05, 4.69) is 26.6 Å². The van der Waals surface area contributed by atoms with Crippen LogP contribution in [-0.4, -0.2) is 134 Å². The predicted molar refractivity (Wildman–Crippen MR) is 214 cm³/mol. The quantitative estimate of drug-likeness (QED) is 0.0482. The van der Waals surface area contributed by atoms with Gasteiger partial charge in [0.15, 0.2) is 0 Å². The number of nitrogens with two attached hydrogens (primary N) is 2. The molecule has 1 aliphatic rings. The Bertz CT molecular complexity index is 1680. The highest BCUT2D eigenvalue weighted by Crippen LogP contribution is 2.22. The van der Waals surface area contributed by atoms with Crippen LogP contribution in [0.3, 0.4) is 0 Å². The Morgan fingerprint density at radius 2 is 1.35 bits per heavy atom. The molecule has 1 heterocycles. The fourth-order valence-corrected chi connectivity index (χ4v) is 6.42. The number of aromatic hydroxyl groups is 1. The molecule has 1 aromatic carbocycles. The van der Waals surface area contributed by atoms with Crippen molar-refractivity contribution in [3.05, 3.63) is 29.8 Å². The maximum Gasteiger partial charge on any atom is 0.326 e. The summed E-state index contributed by atoms with van der Waals surface area (Å²) in [5.41, 5.74) is 11.8. The molecule has 21 heteroatoms. The summed E-state index contributed by atoms with van der Waals surface area (Å²) in [5.74, 6) is -9.06. The predicted octanol–water partition coefficient (Wildman–Crippen LogP) is -1.31. The number of nitrogens with zero attached hydrogens (tertiary/aromatic N) is 1. The third kappa shape index (κ3) is 16.4. The number of rotatable bonds is 26. The van der Waals surface area contributed by atoms with Gasteiger partial charge in [0.2, 0.25) is 35.4 Å². The van der Waals surface area contributed by atoms with Crippen molar-refractivity contribution < 1.29 is 63.6 Å². The molecule has 13 N–H and O–H groups in total. The number of hydrogen-bond donors (Lipinski definition) is 11. The van der Waals surface area contributed by atoms with Crippen LogP contribution in [0.4, 0.5) is 0 Å². The lowest BCUT2D eigenvalue weighted by Gasteiger charge is -2.33. The molecule has 6 amide bonds. The van der Waals surface area contributed by atoms with Crippen LogP contribution in [0.15, 0.2) is 24.3 Å². The number of carbonyl (C=O) groups excluding carboxylic acids is 6. The zero-order valence-electron chi connectivity index (χ0n) is 34.2. The molecular formula is C39H60N8O13. The first-order chi connectivity index (χ1) is 28.3. The number of unbranched alkanes of at least 4 members (excludes halogenated alkanes) is 1. The molecule has 1 saturated heterocycles. The van der Waals surface area contributed by atoms with Gasteiger partial charge in [0.05, 0.1) is 6.04 Å². The Kier molecular flexibility index (Phi) is 20.9. The first kappa shape index (κ1) is 50.3. The van der Waals surface area contributed by atoms with Crippen LogP contribution in [0.25, 0.3) is 0 Å². The molecule has 2 rings (SSSR count). The summed E-state index contributed by atoms with van der Waals surface area (Å²) in [6, 6.07) is -3.20. The smallest absolute Gasteiger partial charge is 0.326 e. The van der Waals surface area contributed by atoms with Gasteiger partial charge in [0.25, 0.3) is 0 Å². The number of phenolic OH excluding ortho intramolecular Hbond substituents is 1. The number of carboxylic acids is 3. The SMILES string of the molecule is CC[C@H](C)[C@H](NC(=O)[C@H](Cc1ccc(O)cc1)NC(=O)[C@H](C)NC(=O)[C@H](CCC(=O)O)NC(=O)[C@@H](N)CCC(=O)O)C(=O)N1CCC[C@H]1C(=O)N[C@@H](CCCCN)C(=O)O. The van der Waals surface area contributed by atoms with Gasteiger partial charge in [-0.1, -0.05) is 32.4 Å². The van der Waals surface area contributed by atoms with Crippen LogP contribution in [0.1, 0.15) is 90.5 Å². The second-order valence-corrected chi connectivity index (χ2v) is 14.9. The number of aliphatic carboxylic acids is 3. The maximum atomic E-state index is 14.2. The van der Waals surface area contributed by atoms with Crippen molar-refractivity contribution in [2.24, 2.45) is 17.4 Å². The normalized spacial score (nSPS) is 17.1. The third-order valence-electron chi connectivity index (χ3n) is 10.2. The molecule has 0 bridgehead atoms. The van der Waals surface area contributed by atoms with Crippen LogP contribution in [0, 0.1) is 5.92 Å². The fourth-order valence-electron chi connectivity index (χ4n) is 6.42. The lowest BCUT2D eigenvalue weighted by atomic mass is 9.96. The number of likely N-dealkylation sites (tertiary alicyclic amines) is 1. The highest BCUT2D eigenvalue weighted by molar-refractivity contribution is 5.97. The molecule has 1 aliphatic heterocycles. The number of carboxylic acid groups (broad SMARTS) is 3. The minimum Gasteiger partial charge on any atom is -0.508 e. The van der Waals surface area contributed by atoms with Crippen LogP contribution in [0.5, 0.6) is 5.75 Å². The van der Waals surface area contributed by atoms with E-state index in [0.29, 0.717) is 37.8 Å². The van der Waals surface area contributed by atoms with Crippen molar-refractivity contribution in [1.82, 2.24) is 31.5 Å². The standard InChI is InChI=1S/C39H60N8O13/c1-4-21(2)32(38(58)47-19-7-9-29(47)37(57)44-27(39(59)60)8-5-6-18-40)46-36(56)28(20-23-10-12-24(48)13-11-23)45-33(53)22(3)42-35(55)26(15-17-31(51)52)43-34(54)25(41)14-16-30(49)50/h10-13,21-22,25-29,32,48H,4-9,14-20,40-41H2,1-3H3,(H,42,55)(H,43,54)(H,44,57)(H,45,53)(H,46,56)(H,49,50)(H,51,52)(H,59,60)/t21-,22-,25-,26-,27-,28-,29-,32-/m0/s1. The number of carbonyl (C=O) groups is 9. The van der Waals surface area contributed by atoms with Crippen LogP contribution >= 0.6 is 0 Å².